The molecular weight excluding hydrogens is 494 g/mol. The van der Waals surface area contributed by atoms with Gasteiger partial charge in [-0.3, -0.25) is 13.9 Å². The molecule has 3 aromatic carbocycles. The Morgan fingerprint density at radius 1 is 1.06 bits per heavy atom. The predicted octanol–water partition coefficient (Wildman–Crippen LogP) is 4.70. The molecule has 0 unspecified atom stereocenters. The summed E-state index contributed by atoms with van der Waals surface area (Å²) in [4.78, 5) is 24.8. The highest BCUT2D eigenvalue weighted by Crippen LogP contribution is 2.28. The first kappa shape index (κ1) is 24.0. The topological polar surface area (TPSA) is 88.5 Å². The number of carbonyl (C=O) groups is 1. The SMILES string of the molecule is Cc1ccc(S(=O)(=O)N(CC(=O)Nc2ccc3c(c2)sc(=O)n3C)c2ccc(C)c(Cl)c2)cc1. The van der Waals surface area contributed by atoms with E-state index in [0.717, 1.165) is 37.0 Å². The molecule has 0 radical (unpaired) electrons. The molecule has 0 atom stereocenters. The monoisotopic (exact) mass is 515 g/mol. The minimum atomic E-state index is -4.05. The normalized spacial score (nSPS) is 11.5. The number of carbonyl (C=O) groups excluding carboxylic acids is 1. The van der Waals surface area contributed by atoms with E-state index in [1.807, 2.05) is 13.8 Å². The Bertz CT molecular complexity index is 1560. The highest BCUT2D eigenvalue weighted by molar-refractivity contribution is 7.92. The minimum absolute atomic E-state index is 0.0677. The summed E-state index contributed by atoms with van der Waals surface area (Å²) in [6.45, 7) is 3.21. The number of amides is 1. The minimum Gasteiger partial charge on any atom is -0.324 e. The van der Waals surface area contributed by atoms with Crippen molar-refractivity contribution in [1.82, 2.24) is 4.57 Å². The van der Waals surface area contributed by atoms with Gasteiger partial charge in [0.1, 0.15) is 6.54 Å². The zero-order valence-corrected chi connectivity index (χ0v) is 21.1. The summed E-state index contributed by atoms with van der Waals surface area (Å²) >= 11 is 7.33. The van der Waals surface area contributed by atoms with Crippen molar-refractivity contribution in [3.05, 3.63) is 86.5 Å². The van der Waals surface area contributed by atoms with E-state index in [2.05, 4.69) is 5.32 Å². The Balaban J connectivity index is 1.67. The molecule has 7 nitrogen and oxygen atoms in total. The first-order valence-corrected chi connectivity index (χ1v) is 12.9. The molecule has 0 saturated carbocycles. The third-order valence-corrected chi connectivity index (χ3v) is 8.61. The highest BCUT2D eigenvalue weighted by Gasteiger charge is 2.27. The molecule has 4 aromatic rings. The van der Waals surface area contributed by atoms with E-state index in [1.165, 1.54) is 22.8 Å². The molecule has 1 N–H and O–H groups in total. The van der Waals surface area contributed by atoms with Crippen LogP contribution in [-0.2, 0) is 21.9 Å². The van der Waals surface area contributed by atoms with Gasteiger partial charge < -0.3 is 9.88 Å². The first-order chi connectivity index (χ1) is 16.1. The van der Waals surface area contributed by atoms with Crippen LogP contribution in [0.3, 0.4) is 0 Å². The molecule has 0 aliphatic heterocycles. The number of anilines is 2. The second kappa shape index (κ2) is 9.25. The molecular formula is C24H22ClN3O4S2. The molecule has 0 fully saturated rings. The molecule has 0 aliphatic rings. The maximum atomic E-state index is 13.5. The lowest BCUT2D eigenvalue weighted by Gasteiger charge is -2.24. The van der Waals surface area contributed by atoms with Crippen LogP contribution in [0.4, 0.5) is 11.4 Å². The molecule has 1 aromatic heterocycles. The van der Waals surface area contributed by atoms with Crippen LogP contribution in [0.15, 0.2) is 70.4 Å². The van der Waals surface area contributed by atoms with Gasteiger partial charge in [0.25, 0.3) is 10.0 Å². The van der Waals surface area contributed by atoms with Crippen molar-refractivity contribution in [2.75, 3.05) is 16.2 Å². The summed E-state index contributed by atoms with van der Waals surface area (Å²) in [7, 11) is -2.37. The average Bonchev–Trinajstić information content (AvgIpc) is 3.07. The second-order valence-corrected chi connectivity index (χ2v) is 11.2. The van der Waals surface area contributed by atoms with Crippen LogP contribution in [0.5, 0.6) is 0 Å². The number of fused-ring (bicyclic) bond motifs is 1. The van der Waals surface area contributed by atoms with E-state index in [0.29, 0.717) is 10.7 Å². The van der Waals surface area contributed by atoms with Crippen LogP contribution in [0, 0.1) is 13.8 Å². The summed E-state index contributed by atoms with van der Waals surface area (Å²) in [5, 5.41) is 3.13. The van der Waals surface area contributed by atoms with Gasteiger partial charge in [-0.15, -0.1) is 0 Å². The summed E-state index contributed by atoms with van der Waals surface area (Å²) in [5.74, 6) is -0.532. The van der Waals surface area contributed by atoms with Gasteiger partial charge in [0.15, 0.2) is 0 Å². The summed E-state index contributed by atoms with van der Waals surface area (Å²) in [6, 6.07) is 16.4. The molecule has 1 heterocycles. The van der Waals surface area contributed by atoms with Crippen molar-refractivity contribution in [2.24, 2.45) is 7.05 Å². The molecule has 1 amide bonds. The largest absolute Gasteiger partial charge is 0.324 e. The van der Waals surface area contributed by atoms with E-state index >= 15 is 0 Å². The predicted molar refractivity (Wildman–Crippen MR) is 138 cm³/mol. The van der Waals surface area contributed by atoms with E-state index in [4.69, 9.17) is 11.6 Å². The molecule has 4 rings (SSSR count). The van der Waals surface area contributed by atoms with E-state index in [9.17, 15) is 18.0 Å². The Morgan fingerprint density at radius 2 is 1.76 bits per heavy atom. The number of sulfonamides is 1. The molecule has 0 saturated heterocycles. The summed E-state index contributed by atoms with van der Waals surface area (Å²) in [5.41, 5.74) is 3.21. The van der Waals surface area contributed by atoms with E-state index < -0.39 is 22.5 Å². The number of rotatable bonds is 6. The zero-order valence-electron chi connectivity index (χ0n) is 18.7. The maximum absolute atomic E-state index is 13.5. The lowest BCUT2D eigenvalue weighted by molar-refractivity contribution is -0.114. The Hall–Kier alpha value is -3.14. The fraction of sp³-hybridized carbons (Fsp3) is 0.167. The van der Waals surface area contributed by atoms with Crippen molar-refractivity contribution in [2.45, 2.75) is 18.7 Å². The summed E-state index contributed by atoms with van der Waals surface area (Å²) < 4.78 is 30.3. The van der Waals surface area contributed by atoms with Gasteiger partial charge in [-0.05, 0) is 61.9 Å². The lowest BCUT2D eigenvalue weighted by Crippen LogP contribution is -2.38. The number of hydrogen-bond acceptors (Lipinski definition) is 5. The molecule has 10 heteroatoms. The van der Waals surface area contributed by atoms with Crippen LogP contribution >= 0.6 is 22.9 Å². The average molecular weight is 516 g/mol. The number of aromatic nitrogens is 1. The lowest BCUT2D eigenvalue weighted by atomic mass is 10.2. The van der Waals surface area contributed by atoms with Crippen molar-refractivity contribution in [1.29, 1.82) is 0 Å². The number of halogens is 1. The van der Waals surface area contributed by atoms with Gasteiger partial charge >= 0.3 is 4.87 Å². The van der Waals surface area contributed by atoms with Gasteiger partial charge in [0.05, 0.1) is 20.8 Å². The van der Waals surface area contributed by atoms with Crippen LogP contribution in [-0.4, -0.2) is 25.4 Å². The van der Waals surface area contributed by atoms with Gasteiger partial charge in [0, 0.05) is 17.8 Å². The van der Waals surface area contributed by atoms with Crippen LogP contribution in [0.2, 0.25) is 5.02 Å². The maximum Gasteiger partial charge on any atom is 0.307 e. The zero-order chi connectivity index (χ0) is 24.6. The quantitative estimate of drug-likeness (QED) is 0.403. The fourth-order valence-electron chi connectivity index (χ4n) is 3.43. The van der Waals surface area contributed by atoms with Gasteiger partial charge in [-0.2, -0.15) is 0 Å². The Labute approximate surface area is 206 Å². The number of thiazole rings is 1. The first-order valence-electron chi connectivity index (χ1n) is 10.3. The molecule has 0 bridgehead atoms. The van der Waals surface area contributed by atoms with Crippen LogP contribution < -0.4 is 14.5 Å². The third-order valence-electron chi connectivity index (χ3n) is 5.42. The number of hydrogen-bond donors (Lipinski definition) is 1. The number of benzene rings is 3. The molecule has 34 heavy (non-hydrogen) atoms. The standard InChI is InChI=1S/C24H22ClN3O4S2/c1-15-4-9-19(10-5-15)34(31,32)28(18-8-6-16(2)20(25)13-18)14-23(29)26-17-7-11-21-22(12-17)33-24(30)27(21)3/h4-13H,14H2,1-3H3,(H,26,29). The molecule has 0 spiro atoms. The van der Waals surface area contributed by atoms with Gasteiger partial charge in [-0.25, -0.2) is 8.42 Å². The van der Waals surface area contributed by atoms with Crippen molar-refractivity contribution in [3.63, 3.8) is 0 Å². The Kier molecular flexibility index (Phi) is 6.53. The van der Waals surface area contributed by atoms with E-state index in [1.54, 1.807) is 49.5 Å². The van der Waals surface area contributed by atoms with Crippen molar-refractivity contribution in [3.8, 4) is 0 Å². The molecule has 176 valence electrons. The van der Waals surface area contributed by atoms with Gasteiger partial charge in [0.2, 0.25) is 5.91 Å². The Morgan fingerprint density at radius 3 is 2.44 bits per heavy atom. The number of aryl methyl sites for hydroxylation is 3. The summed E-state index contributed by atoms with van der Waals surface area (Å²) in [6.07, 6.45) is 0. The van der Waals surface area contributed by atoms with E-state index in [-0.39, 0.29) is 15.5 Å². The van der Waals surface area contributed by atoms with Crippen LogP contribution in [0.25, 0.3) is 10.2 Å². The van der Waals surface area contributed by atoms with Crippen molar-refractivity contribution >= 4 is 60.5 Å². The highest BCUT2D eigenvalue weighted by atomic mass is 35.5. The second-order valence-electron chi connectivity index (χ2n) is 7.92. The van der Waals surface area contributed by atoms with Crippen molar-refractivity contribution < 1.29 is 13.2 Å². The molecule has 0 aliphatic carbocycles. The van der Waals surface area contributed by atoms with Crippen LogP contribution in [0.1, 0.15) is 11.1 Å². The number of nitrogens with one attached hydrogen (secondary N) is 1. The smallest absolute Gasteiger partial charge is 0.307 e. The fourth-order valence-corrected chi connectivity index (χ4v) is 5.94. The van der Waals surface area contributed by atoms with Gasteiger partial charge in [-0.1, -0.05) is 46.7 Å². The third kappa shape index (κ3) is 4.72. The number of nitrogens with zero attached hydrogens (tertiary/aromatic N) is 2.